The number of rotatable bonds is 10. The first kappa shape index (κ1) is 18.5. The summed E-state index contributed by atoms with van der Waals surface area (Å²) in [5.41, 5.74) is -6.43. The first-order valence-corrected chi connectivity index (χ1v) is 4.98. The summed E-state index contributed by atoms with van der Waals surface area (Å²) in [5, 5.41) is 59.9. The van der Waals surface area contributed by atoms with Gasteiger partial charge in [-0.3, -0.25) is 40.5 Å². The Balaban J connectivity index is 5.15. The largest absolute Gasteiger partial charge is 0.502 e. The SMILES string of the molecule is O=[N+]([O-])C(CO)(COCC(CO)([N+](=O)[O-])[N+](=O)[O-])[N+](=O)[O-]. The number of ether oxygens (including phenoxy) is 1. The van der Waals surface area contributed by atoms with Crippen LogP contribution < -0.4 is 0 Å². The van der Waals surface area contributed by atoms with E-state index < -0.39 is 57.4 Å². The van der Waals surface area contributed by atoms with Gasteiger partial charge in [-0.05, 0) is 0 Å². The van der Waals surface area contributed by atoms with Gasteiger partial charge in [0.15, 0.2) is 26.4 Å². The van der Waals surface area contributed by atoms with Crippen LogP contribution in [0.5, 0.6) is 0 Å². The molecule has 0 rings (SSSR count). The lowest BCUT2D eigenvalue weighted by molar-refractivity contribution is -0.810. The van der Waals surface area contributed by atoms with E-state index in [4.69, 9.17) is 10.2 Å². The fourth-order valence-corrected chi connectivity index (χ4v) is 1.04. The van der Waals surface area contributed by atoms with E-state index in [-0.39, 0.29) is 0 Å². The quantitative estimate of drug-likeness (QED) is 0.243. The molecule has 0 aliphatic heterocycles. The molecule has 0 unspecified atom stereocenters. The highest BCUT2D eigenvalue weighted by Gasteiger charge is 2.60. The molecule has 0 heterocycles. The highest BCUT2D eigenvalue weighted by Crippen LogP contribution is 2.15. The van der Waals surface area contributed by atoms with Gasteiger partial charge in [-0.25, -0.2) is 0 Å². The van der Waals surface area contributed by atoms with Crippen LogP contribution in [0.1, 0.15) is 0 Å². The van der Waals surface area contributed by atoms with Gasteiger partial charge in [0.1, 0.15) is 19.7 Å². The molecule has 0 fully saturated rings. The normalized spacial score (nSPS) is 11.9. The monoisotopic (exact) mass is 314 g/mol. The van der Waals surface area contributed by atoms with Crippen LogP contribution >= 0.6 is 0 Å². The summed E-state index contributed by atoms with van der Waals surface area (Å²) >= 11 is 0. The zero-order valence-corrected chi connectivity index (χ0v) is 10.2. The van der Waals surface area contributed by atoms with E-state index in [1.165, 1.54) is 0 Å². The van der Waals surface area contributed by atoms with Crippen LogP contribution in [-0.4, -0.2) is 67.7 Å². The summed E-state index contributed by atoms with van der Waals surface area (Å²) < 4.78 is 4.30. The van der Waals surface area contributed by atoms with E-state index in [1.807, 2.05) is 0 Å². The lowest BCUT2D eigenvalue weighted by atomic mass is 10.2. The minimum atomic E-state index is -3.21. The number of hydrogen-bond acceptors (Lipinski definition) is 11. The van der Waals surface area contributed by atoms with E-state index in [0.717, 1.165) is 0 Å². The van der Waals surface area contributed by atoms with Gasteiger partial charge in [0.05, 0.1) is 0 Å². The van der Waals surface area contributed by atoms with Gasteiger partial charge >= 0.3 is 11.3 Å². The Labute approximate surface area is 114 Å². The van der Waals surface area contributed by atoms with Gasteiger partial charge in [-0.2, -0.15) is 0 Å². The van der Waals surface area contributed by atoms with Crippen LogP contribution in [0.3, 0.4) is 0 Å². The highest BCUT2D eigenvalue weighted by molar-refractivity contribution is 4.69. The molecule has 0 aromatic carbocycles. The van der Waals surface area contributed by atoms with Crippen molar-refractivity contribution in [1.29, 1.82) is 0 Å². The summed E-state index contributed by atoms with van der Waals surface area (Å²) in [7, 11) is 0. The van der Waals surface area contributed by atoms with E-state index in [9.17, 15) is 40.5 Å². The van der Waals surface area contributed by atoms with E-state index in [1.54, 1.807) is 0 Å². The van der Waals surface area contributed by atoms with Crippen molar-refractivity contribution in [3.05, 3.63) is 40.5 Å². The second-order valence-electron chi connectivity index (χ2n) is 3.80. The first-order chi connectivity index (χ1) is 9.60. The van der Waals surface area contributed by atoms with Crippen LogP contribution in [0.4, 0.5) is 0 Å². The molecule has 0 aromatic rings. The fraction of sp³-hybridized carbons (Fsp3) is 1.00. The average Bonchev–Trinajstić information content (AvgIpc) is 2.37. The molecule has 0 aliphatic carbocycles. The molecular weight excluding hydrogens is 304 g/mol. The molecule has 0 aromatic heterocycles. The fourth-order valence-electron chi connectivity index (χ4n) is 1.04. The molecule has 21 heavy (non-hydrogen) atoms. The smallest absolute Gasteiger partial charge is 0.382 e. The van der Waals surface area contributed by atoms with Gasteiger partial charge < -0.3 is 14.9 Å². The summed E-state index contributed by atoms with van der Waals surface area (Å²) in [5.74, 6) is 0. The number of aliphatic hydroxyl groups excluding tert-OH is 2. The first-order valence-electron chi connectivity index (χ1n) is 4.98. The van der Waals surface area contributed by atoms with Crippen molar-refractivity contribution in [2.75, 3.05) is 26.4 Å². The second kappa shape index (κ2) is 6.77. The summed E-state index contributed by atoms with van der Waals surface area (Å²) in [6, 6.07) is 0. The highest BCUT2D eigenvalue weighted by atomic mass is 16.7. The Kier molecular flexibility index (Phi) is 5.96. The number of nitro groups is 4. The number of aliphatic hydroxyl groups is 2. The van der Waals surface area contributed by atoms with Crippen molar-refractivity contribution in [3.63, 3.8) is 0 Å². The summed E-state index contributed by atoms with van der Waals surface area (Å²) in [4.78, 5) is 36.4. The van der Waals surface area contributed by atoms with Crippen molar-refractivity contribution >= 4 is 0 Å². The number of hydrogen-bond donors (Lipinski definition) is 2. The lowest BCUT2D eigenvalue weighted by Gasteiger charge is -2.17. The standard InChI is InChI=1S/C6H10N4O11/c11-1-5(7(13)14,8(15)16)3-21-4-6(2-12,9(17)18)10(19)20/h11-12H,1-4H2. The molecule has 15 nitrogen and oxygen atoms in total. The minimum absolute atomic E-state index is 1.47. The zero-order valence-electron chi connectivity index (χ0n) is 10.2. The second-order valence-corrected chi connectivity index (χ2v) is 3.80. The molecule has 2 N–H and O–H groups in total. The van der Waals surface area contributed by atoms with Gasteiger partial charge in [0.2, 0.25) is 0 Å². The lowest BCUT2D eigenvalue weighted by Crippen LogP contribution is -2.57. The predicted molar refractivity (Wildman–Crippen MR) is 58.4 cm³/mol. The summed E-state index contributed by atoms with van der Waals surface area (Å²) in [6.07, 6.45) is 0. The van der Waals surface area contributed by atoms with E-state index in [2.05, 4.69) is 4.74 Å². The van der Waals surface area contributed by atoms with E-state index >= 15 is 0 Å². The van der Waals surface area contributed by atoms with Crippen molar-refractivity contribution in [2.45, 2.75) is 11.3 Å². The average molecular weight is 314 g/mol. The van der Waals surface area contributed by atoms with Gasteiger partial charge in [0.25, 0.3) is 0 Å². The molecule has 0 bridgehead atoms. The van der Waals surface area contributed by atoms with Crippen LogP contribution in [0, 0.1) is 40.5 Å². The molecule has 0 saturated carbocycles. The van der Waals surface area contributed by atoms with Crippen LogP contribution in [-0.2, 0) is 4.74 Å². The maximum Gasteiger partial charge on any atom is 0.502 e. The predicted octanol–water partition coefficient (Wildman–Crippen LogP) is -2.51. The maximum atomic E-state index is 10.6. The third kappa shape index (κ3) is 3.33. The molecule has 0 aliphatic rings. The summed E-state index contributed by atoms with van der Waals surface area (Å²) in [6.45, 7) is -6.13. The van der Waals surface area contributed by atoms with Crippen molar-refractivity contribution in [2.24, 2.45) is 0 Å². The third-order valence-electron chi connectivity index (χ3n) is 2.53. The van der Waals surface area contributed by atoms with Gasteiger partial charge in [-0.1, -0.05) is 0 Å². The Morgan fingerprint density at radius 2 is 0.952 bits per heavy atom. The molecule has 0 spiro atoms. The minimum Gasteiger partial charge on any atom is -0.382 e. The van der Waals surface area contributed by atoms with Gasteiger partial charge in [-0.15, -0.1) is 0 Å². The van der Waals surface area contributed by atoms with Crippen molar-refractivity contribution in [3.8, 4) is 0 Å². The van der Waals surface area contributed by atoms with E-state index in [0.29, 0.717) is 0 Å². The molecule has 0 atom stereocenters. The van der Waals surface area contributed by atoms with Crippen molar-refractivity contribution < 1.29 is 34.6 Å². The Hall–Kier alpha value is -2.52. The van der Waals surface area contributed by atoms with Crippen LogP contribution in [0.15, 0.2) is 0 Å². The van der Waals surface area contributed by atoms with Crippen LogP contribution in [0.2, 0.25) is 0 Å². The Bertz CT molecular complexity index is 382. The molecular formula is C6H10N4O11. The molecule has 15 heteroatoms. The maximum absolute atomic E-state index is 10.6. The number of nitrogens with zero attached hydrogens (tertiary/aromatic N) is 4. The van der Waals surface area contributed by atoms with Crippen molar-refractivity contribution in [1.82, 2.24) is 0 Å². The Morgan fingerprint density at radius 3 is 1.10 bits per heavy atom. The Morgan fingerprint density at radius 1 is 0.714 bits per heavy atom. The van der Waals surface area contributed by atoms with Crippen LogP contribution in [0.25, 0.3) is 0 Å². The zero-order chi connectivity index (χ0) is 16.8. The van der Waals surface area contributed by atoms with Gasteiger partial charge in [0, 0.05) is 0 Å². The molecule has 120 valence electrons. The molecule has 0 saturated heterocycles. The third-order valence-corrected chi connectivity index (χ3v) is 2.53. The molecule has 0 amide bonds. The molecule has 0 radical (unpaired) electrons. The topological polar surface area (TPSA) is 222 Å².